The summed E-state index contributed by atoms with van der Waals surface area (Å²) in [4.78, 5) is 14.1. The van der Waals surface area contributed by atoms with Crippen LogP contribution < -0.4 is 11.3 Å². The SMILES string of the molecule is Nc1nc(=O)ccn1CC(O)CO. The number of aromatic nitrogens is 2. The summed E-state index contributed by atoms with van der Waals surface area (Å²) >= 11 is 0. The molecule has 1 rings (SSSR count). The van der Waals surface area contributed by atoms with Crippen LogP contribution in [0.2, 0.25) is 0 Å². The zero-order valence-electron chi connectivity index (χ0n) is 6.92. The van der Waals surface area contributed by atoms with Gasteiger partial charge in [-0.05, 0) is 0 Å². The van der Waals surface area contributed by atoms with Crippen molar-refractivity contribution in [2.45, 2.75) is 12.6 Å². The molecule has 13 heavy (non-hydrogen) atoms. The van der Waals surface area contributed by atoms with Crippen LogP contribution in [0.15, 0.2) is 17.1 Å². The molecule has 0 aliphatic carbocycles. The number of aliphatic hydroxyl groups is 2. The molecular formula is C7H11N3O3. The van der Waals surface area contributed by atoms with Crippen molar-refractivity contribution in [3.63, 3.8) is 0 Å². The van der Waals surface area contributed by atoms with Gasteiger partial charge < -0.3 is 20.5 Å². The third-order valence-electron chi connectivity index (χ3n) is 1.53. The van der Waals surface area contributed by atoms with Crippen LogP contribution in [0.4, 0.5) is 5.95 Å². The first-order valence-electron chi connectivity index (χ1n) is 3.75. The third-order valence-corrected chi connectivity index (χ3v) is 1.53. The van der Waals surface area contributed by atoms with E-state index in [1.165, 1.54) is 16.8 Å². The Kier molecular flexibility index (Phi) is 2.99. The first-order chi connectivity index (χ1) is 6.13. The van der Waals surface area contributed by atoms with E-state index in [4.69, 9.17) is 15.9 Å². The highest BCUT2D eigenvalue weighted by Crippen LogP contribution is 1.96. The maximum atomic E-state index is 10.7. The molecule has 4 N–H and O–H groups in total. The van der Waals surface area contributed by atoms with Crippen LogP contribution in [-0.4, -0.2) is 32.5 Å². The van der Waals surface area contributed by atoms with Gasteiger partial charge in [0.15, 0.2) is 0 Å². The van der Waals surface area contributed by atoms with Crippen LogP contribution in [0.1, 0.15) is 0 Å². The molecule has 0 saturated heterocycles. The lowest BCUT2D eigenvalue weighted by Gasteiger charge is -2.11. The largest absolute Gasteiger partial charge is 0.394 e. The van der Waals surface area contributed by atoms with E-state index >= 15 is 0 Å². The lowest BCUT2D eigenvalue weighted by molar-refractivity contribution is 0.0813. The number of nitrogen functional groups attached to an aromatic ring is 1. The zero-order chi connectivity index (χ0) is 9.84. The van der Waals surface area contributed by atoms with Gasteiger partial charge in [-0.2, -0.15) is 4.98 Å². The minimum Gasteiger partial charge on any atom is -0.394 e. The van der Waals surface area contributed by atoms with E-state index in [0.29, 0.717) is 0 Å². The minimum atomic E-state index is -0.897. The molecule has 1 unspecified atom stereocenters. The van der Waals surface area contributed by atoms with Crippen molar-refractivity contribution in [1.29, 1.82) is 0 Å². The molecule has 0 aromatic carbocycles. The summed E-state index contributed by atoms with van der Waals surface area (Å²) in [7, 11) is 0. The number of nitrogens with two attached hydrogens (primary N) is 1. The topological polar surface area (TPSA) is 101 Å². The first-order valence-corrected chi connectivity index (χ1v) is 3.75. The van der Waals surface area contributed by atoms with Gasteiger partial charge in [0.1, 0.15) is 0 Å². The van der Waals surface area contributed by atoms with E-state index in [2.05, 4.69) is 4.98 Å². The van der Waals surface area contributed by atoms with Gasteiger partial charge >= 0.3 is 0 Å². The summed E-state index contributed by atoms with van der Waals surface area (Å²) in [5.41, 5.74) is 4.96. The molecule has 6 nitrogen and oxygen atoms in total. The molecule has 72 valence electrons. The van der Waals surface area contributed by atoms with Crippen LogP contribution in [-0.2, 0) is 6.54 Å². The second-order valence-corrected chi connectivity index (χ2v) is 2.61. The van der Waals surface area contributed by atoms with Crippen molar-refractivity contribution in [2.75, 3.05) is 12.3 Å². The Morgan fingerprint density at radius 1 is 1.69 bits per heavy atom. The maximum Gasteiger partial charge on any atom is 0.274 e. The van der Waals surface area contributed by atoms with Crippen LogP contribution in [0.5, 0.6) is 0 Å². The van der Waals surface area contributed by atoms with Gasteiger partial charge in [0.25, 0.3) is 5.56 Å². The van der Waals surface area contributed by atoms with E-state index in [0.717, 1.165) is 0 Å². The van der Waals surface area contributed by atoms with Crippen LogP contribution in [0, 0.1) is 0 Å². The fraction of sp³-hybridized carbons (Fsp3) is 0.429. The van der Waals surface area contributed by atoms with E-state index in [1.54, 1.807) is 0 Å². The van der Waals surface area contributed by atoms with Crippen molar-refractivity contribution in [3.8, 4) is 0 Å². The molecule has 1 heterocycles. The average Bonchev–Trinajstić information content (AvgIpc) is 2.09. The van der Waals surface area contributed by atoms with E-state index < -0.39 is 11.7 Å². The molecule has 0 fully saturated rings. The molecule has 0 saturated carbocycles. The smallest absolute Gasteiger partial charge is 0.274 e. The van der Waals surface area contributed by atoms with Gasteiger partial charge in [-0.25, -0.2) is 0 Å². The second kappa shape index (κ2) is 4.01. The molecule has 1 atom stereocenters. The zero-order valence-corrected chi connectivity index (χ0v) is 6.92. The molecule has 0 aliphatic heterocycles. The molecular weight excluding hydrogens is 174 g/mol. The Labute approximate surface area is 74.3 Å². The summed E-state index contributed by atoms with van der Waals surface area (Å²) in [6.07, 6.45) is 0.524. The molecule has 0 amide bonds. The van der Waals surface area contributed by atoms with E-state index in [9.17, 15) is 4.79 Å². The highest BCUT2D eigenvalue weighted by Gasteiger charge is 2.04. The Morgan fingerprint density at radius 3 is 2.92 bits per heavy atom. The highest BCUT2D eigenvalue weighted by molar-refractivity contribution is 5.15. The Morgan fingerprint density at radius 2 is 2.38 bits per heavy atom. The van der Waals surface area contributed by atoms with Gasteiger partial charge in [-0.3, -0.25) is 4.79 Å². The maximum absolute atomic E-state index is 10.7. The van der Waals surface area contributed by atoms with Crippen molar-refractivity contribution in [1.82, 2.24) is 9.55 Å². The highest BCUT2D eigenvalue weighted by atomic mass is 16.3. The Hall–Kier alpha value is -1.40. The standard InChI is InChI=1S/C7H11N3O3/c8-7-9-6(13)1-2-10(7)3-5(12)4-11/h1-2,5,11-12H,3-4H2,(H2,8,9,13). The third kappa shape index (κ3) is 2.53. The fourth-order valence-corrected chi connectivity index (χ4v) is 0.884. The summed E-state index contributed by atoms with van der Waals surface area (Å²) < 4.78 is 1.39. The summed E-state index contributed by atoms with van der Waals surface area (Å²) in [5.74, 6) is 0.0278. The lowest BCUT2D eigenvalue weighted by Crippen LogP contribution is -2.24. The van der Waals surface area contributed by atoms with Crippen LogP contribution in [0.3, 0.4) is 0 Å². The number of hydrogen-bond donors (Lipinski definition) is 3. The van der Waals surface area contributed by atoms with Gasteiger partial charge in [-0.15, -0.1) is 0 Å². The van der Waals surface area contributed by atoms with Gasteiger partial charge in [0.05, 0.1) is 19.3 Å². The molecule has 0 radical (unpaired) electrons. The van der Waals surface area contributed by atoms with Crippen LogP contribution >= 0.6 is 0 Å². The number of hydrogen-bond acceptors (Lipinski definition) is 5. The van der Waals surface area contributed by atoms with Gasteiger partial charge in [0.2, 0.25) is 5.95 Å². The normalized spacial score (nSPS) is 12.8. The van der Waals surface area contributed by atoms with E-state index in [-0.39, 0.29) is 19.1 Å². The van der Waals surface area contributed by atoms with E-state index in [1.807, 2.05) is 0 Å². The fourth-order valence-electron chi connectivity index (χ4n) is 0.884. The van der Waals surface area contributed by atoms with Crippen molar-refractivity contribution in [2.24, 2.45) is 0 Å². The average molecular weight is 185 g/mol. The molecule has 1 aromatic rings. The quantitative estimate of drug-likeness (QED) is 0.514. The monoisotopic (exact) mass is 185 g/mol. The number of aliphatic hydroxyl groups excluding tert-OH is 2. The molecule has 1 aromatic heterocycles. The number of rotatable bonds is 3. The predicted molar refractivity (Wildman–Crippen MR) is 46.0 cm³/mol. The van der Waals surface area contributed by atoms with Gasteiger partial charge in [-0.1, -0.05) is 0 Å². The molecule has 0 aliphatic rings. The Bertz CT molecular complexity index is 336. The van der Waals surface area contributed by atoms with Crippen molar-refractivity contribution < 1.29 is 10.2 Å². The lowest BCUT2D eigenvalue weighted by atomic mass is 10.4. The molecule has 0 bridgehead atoms. The minimum absolute atomic E-state index is 0.0278. The second-order valence-electron chi connectivity index (χ2n) is 2.61. The predicted octanol–water partition coefficient (Wildman–Crippen LogP) is -1.82. The summed E-state index contributed by atoms with van der Waals surface area (Å²) in [5, 5.41) is 17.6. The first kappa shape index (κ1) is 9.69. The number of nitrogens with zero attached hydrogens (tertiary/aromatic N) is 2. The molecule has 0 spiro atoms. The van der Waals surface area contributed by atoms with Crippen LogP contribution in [0.25, 0.3) is 0 Å². The Balaban J connectivity index is 2.83. The van der Waals surface area contributed by atoms with Crippen molar-refractivity contribution >= 4 is 5.95 Å². The summed E-state index contributed by atoms with van der Waals surface area (Å²) in [6, 6.07) is 1.24. The van der Waals surface area contributed by atoms with Crippen molar-refractivity contribution in [3.05, 3.63) is 22.6 Å². The summed E-state index contributed by atoms with van der Waals surface area (Å²) in [6.45, 7) is -0.235. The molecule has 6 heteroatoms. The number of anilines is 1. The van der Waals surface area contributed by atoms with Gasteiger partial charge in [0, 0.05) is 12.3 Å².